The molecule has 1 heterocycles. The van der Waals surface area contributed by atoms with Gasteiger partial charge in [0.1, 0.15) is 0 Å². The lowest BCUT2D eigenvalue weighted by Gasteiger charge is -1.86. The van der Waals surface area contributed by atoms with Crippen molar-refractivity contribution in [3.63, 3.8) is 0 Å². The number of carbonyl (C=O) groups is 4. The van der Waals surface area contributed by atoms with Gasteiger partial charge in [0, 0.05) is 0 Å². The molecule has 0 aliphatic heterocycles. The van der Waals surface area contributed by atoms with Gasteiger partial charge in [-0.2, -0.15) is 0 Å². The van der Waals surface area contributed by atoms with Crippen LogP contribution in [-0.4, -0.2) is 49.3 Å². The van der Waals surface area contributed by atoms with Gasteiger partial charge >= 0.3 is 23.9 Å². The van der Waals surface area contributed by atoms with Gasteiger partial charge in [-0.25, -0.2) is 24.2 Å². The van der Waals surface area contributed by atoms with E-state index in [4.69, 9.17) is 30.0 Å². The van der Waals surface area contributed by atoms with E-state index in [9.17, 15) is 9.59 Å². The van der Waals surface area contributed by atoms with Gasteiger partial charge in [0.05, 0.1) is 0 Å². The molecule has 0 amide bonds. The molecule has 0 aliphatic rings. The maximum absolute atomic E-state index is 10.2. The van der Waals surface area contributed by atoms with Crippen molar-refractivity contribution in [1.82, 2.24) is 4.98 Å². The Morgan fingerprint density at radius 2 is 1.41 bits per heavy atom. The van der Waals surface area contributed by atoms with Crippen LogP contribution in [0.4, 0.5) is 0 Å². The number of aromatic carboxylic acids is 2. The van der Waals surface area contributed by atoms with E-state index < -0.39 is 35.3 Å². The quantitative estimate of drug-likeness (QED) is 0.485. The highest BCUT2D eigenvalue weighted by Gasteiger charge is 2.20. The molecule has 0 aromatic carbocycles. The molecule has 4 N–H and O–H groups in total. The normalized spacial score (nSPS) is 8.71. The lowest BCUT2D eigenvalue weighted by atomic mass is 10.3. The Morgan fingerprint density at radius 3 is 1.65 bits per heavy atom. The van der Waals surface area contributed by atoms with E-state index in [1.165, 1.54) is 0 Å². The molecule has 0 saturated heterocycles. The molecule has 10 nitrogen and oxygen atoms in total. The van der Waals surface area contributed by atoms with Gasteiger partial charge in [-0.3, -0.25) is 0 Å². The number of aromatic nitrogens is 1. The summed E-state index contributed by atoms with van der Waals surface area (Å²) in [6.07, 6.45) is 0.771. The van der Waals surface area contributed by atoms with Crippen LogP contribution < -0.4 is 0 Å². The summed E-state index contributed by atoms with van der Waals surface area (Å²) in [4.78, 5) is 41.8. The lowest BCUT2D eigenvalue weighted by molar-refractivity contribution is -0.159. The third kappa shape index (κ3) is 4.42. The van der Waals surface area contributed by atoms with E-state index in [-0.39, 0.29) is 0 Å². The second kappa shape index (κ2) is 5.85. The topological polar surface area (TPSA) is 175 Å². The first-order valence-electron chi connectivity index (χ1n) is 3.63. The molecule has 0 spiro atoms. The molecule has 0 saturated carbocycles. The van der Waals surface area contributed by atoms with Crippen molar-refractivity contribution in [3.05, 3.63) is 17.8 Å². The molecule has 0 fully saturated rings. The van der Waals surface area contributed by atoms with Gasteiger partial charge in [-0.1, -0.05) is 0 Å². The highest BCUT2D eigenvalue weighted by molar-refractivity contribution is 6.27. The van der Waals surface area contributed by atoms with Crippen molar-refractivity contribution in [1.29, 1.82) is 0 Å². The standard InChI is InChI=1S/C5H3NO5.C2H2O4/c7-4(8)2-3(5(9)10)11-1-6-2;3-1(4)2(5)6/h1H,(H,7,8)(H,9,10);(H,3,4)(H,5,6). The molecule has 17 heavy (non-hydrogen) atoms. The number of oxazole rings is 1. The summed E-state index contributed by atoms with van der Waals surface area (Å²) in [6, 6.07) is 0. The SMILES string of the molecule is O=C(O)C(=O)O.O=C(O)c1ncoc1C(=O)O. The first kappa shape index (κ1) is 14.1. The van der Waals surface area contributed by atoms with Crippen LogP contribution in [0.5, 0.6) is 0 Å². The van der Waals surface area contributed by atoms with Crippen molar-refractivity contribution in [2.45, 2.75) is 0 Å². The molecule has 92 valence electrons. The number of aliphatic carboxylic acids is 2. The second-order valence-corrected chi connectivity index (χ2v) is 2.25. The average molecular weight is 247 g/mol. The van der Waals surface area contributed by atoms with Gasteiger partial charge in [-0.15, -0.1) is 0 Å². The van der Waals surface area contributed by atoms with Crippen molar-refractivity contribution in [2.75, 3.05) is 0 Å². The Balaban J connectivity index is 0.000000366. The van der Waals surface area contributed by atoms with Crippen molar-refractivity contribution in [2.24, 2.45) is 0 Å². The van der Waals surface area contributed by atoms with E-state index in [1.807, 2.05) is 0 Å². The Bertz CT molecular complexity index is 419. The van der Waals surface area contributed by atoms with Crippen LogP contribution >= 0.6 is 0 Å². The Kier molecular flexibility index (Phi) is 4.85. The van der Waals surface area contributed by atoms with Crippen LogP contribution in [-0.2, 0) is 9.59 Å². The first-order chi connectivity index (χ1) is 7.77. The summed E-state index contributed by atoms with van der Waals surface area (Å²) in [5.41, 5.74) is -0.586. The number of rotatable bonds is 2. The number of carboxylic acid groups (broad SMARTS) is 4. The van der Waals surface area contributed by atoms with Crippen LogP contribution in [0.2, 0.25) is 0 Å². The van der Waals surface area contributed by atoms with Crippen LogP contribution in [0, 0.1) is 0 Å². The largest absolute Gasteiger partial charge is 0.476 e. The van der Waals surface area contributed by atoms with Crippen LogP contribution in [0.25, 0.3) is 0 Å². The van der Waals surface area contributed by atoms with Crippen molar-refractivity contribution < 1.29 is 44.0 Å². The molecule has 0 radical (unpaired) electrons. The molecule has 0 unspecified atom stereocenters. The molecular weight excluding hydrogens is 242 g/mol. The number of carboxylic acids is 4. The fourth-order valence-electron chi connectivity index (χ4n) is 0.550. The van der Waals surface area contributed by atoms with Gasteiger partial charge in [0.25, 0.3) is 0 Å². The molecule has 1 aromatic rings. The summed E-state index contributed by atoms with van der Waals surface area (Å²) in [6.45, 7) is 0. The Labute approximate surface area is 91.7 Å². The molecule has 0 aliphatic carbocycles. The fourth-order valence-corrected chi connectivity index (χ4v) is 0.550. The third-order valence-corrected chi connectivity index (χ3v) is 1.15. The Hall–Kier alpha value is -2.91. The molecule has 1 rings (SSSR count). The minimum Gasteiger partial charge on any atom is -0.476 e. The minimum atomic E-state index is -1.82. The Morgan fingerprint density at radius 1 is 0.941 bits per heavy atom. The zero-order chi connectivity index (χ0) is 13.6. The summed E-state index contributed by atoms with van der Waals surface area (Å²) < 4.78 is 4.30. The van der Waals surface area contributed by atoms with Crippen LogP contribution in [0.3, 0.4) is 0 Å². The summed E-state index contributed by atoms with van der Waals surface area (Å²) in [7, 11) is 0. The second-order valence-electron chi connectivity index (χ2n) is 2.25. The first-order valence-corrected chi connectivity index (χ1v) is 3.63. The molecule has 10 heteroatoms. The smallest absolute Gasteiger partial charge is 0.414 e. The zero-order valence-corrected chi connectivity index (χ0v) is 7.85. The third-order valence-electron chi connectivity index (χ3n) is 1.15. The van der Waals surface area contributed by atoms with Gasteiger partial charge in [0.2, 0.25) is 11.5 Å². The maximum atomic E-state index is 10.2. The van der Waals surface area contributed by atoms with E-state index in [1.54, 1.807) is 0 Å². The minimum absolute atomic E-state index is 0.586. The highest BCUT2D eigenvalue weighted by atomic mass is 16.4. The monoisotopic (exact) mass is 247 g/mol. The molecule has 1 aromatic heterocycles. The van der Waals surface area contributed by atoms with Gasteiger partial charge < -0.3 is 24.8 Å². The van der Waals surface area contributed by atoms with Crippen LogP contribution in [0.1, 0.15) is 21.0 Å². The maximum Gasteiger partial charge on any atom is 0.414 e. The highest BCUT2D eigenvalue weighted by Crippen LogP contribution is 2.05. The van der Waals surface area contributed by atoms with E-state index in [2.05, 4.69) is 9.40 Å². The van der Waals surface area contributed by atoms with E-state index in [0.717, 1.165) is 6.39 Å². The van der Waals surface area contributed by atoms with E-state index >= 15 is 0 Å². The molecular formula is C7H5NO9. The fraction of sp³-hybridized carbons (Fsp3) is 0. The zero-order valence-electron chi connectivity index (χ0n) is 7.85. The lowest BCUT2D eigenvalue weighted by Crippen LogP contribution is -2.09. The summed E-state index contributed by atoms with van der Waals surface area (Å²) in [5.74, 6) is -7.17. The average Bonchev–Trinajstić information content (AvgIpc) is 2.66. The molecule has 0 atom stereocenters. The number of nitrogens with zero attached hydrogens (tertiary/aromatic N) is 1. The van der Waals surface area contributed by atoms with Gasteiger partial charge in [0.15, 0.2) is 6.39 Å². The number of hydrogen-bond donors (Lipinski definition) is 4. The summed E-state index contributed by atoms with van der Waals surface area (Å²) in [5, 5.41) is 31.4. The van der Waals surface area contributed by atoms with Gasteiger partial charge in [-0.05, 0) is 0 Å². The van der Waals surface area contributed by atoms with E-state index in [0.29, 0.717) is 0 Å². The number of hydrogen-bond acceptors (Lipinski definition) is 6. The van der Waals surface area contributed by atoms with Crippen LogP contribution in [0.15, 0.2) is 10.8 Å². The predicted molar refractivity (Wildman–Crippen MR) is 45.7 cm³/mol. The van der Waals surface area contributed by atoms with Crippen molar-refractivity contribution >= 4 is 23.9 Å². The van der Waals surface area contributed by atoms with Crippen molar-refractivity contribution in [3.8, 4) is 0 Å². The molecule has 0 bridgehead atoms. The summed E-state index contributed by atoms with van der Waals surface area (Å²) >= 11 is 0. The predicted octanol–water partition coefficient (Wildman–Crippen LogP) is -0.773.